The molecule has 3 aromatic heterocycles. The van der Waals surface area contributed by atoms with Gasteiger partial charge in [-0.25, -0.2) is 4.98 Å². The van der Waals surface area contributed by atoms with Crippen molar-refractivity contribution in [1.29, 1.82) is 0 Å². The van der Waals surface area contributed by atoms with E-state index >= 15 is 0 Å². The van der Waals surface area contributed by atoms with E-state index in [-0.39, 0.29) is 11.7 Å². The summed E-state index contributed by atoms with van der Waals surface area (Å²) in [6, 6.07) is 11.6. The molecule has 0 bridgehead atoms. The van der Waals surface area contributed by atoms with Crippen molar-refractivity contribution in [2.45, 2.75) is 13.5 Å². The first-order valence-electron chi connectivity index (χ1n) is 7.98. The molecule has 0 aliphatic carbocycles. The number of para-hydroxylation sites is 1. The van der Waals surface area contributed by atoms with Gasteiger partial charge in [-0.2, -0.15) is 0 Å². The number of rotatable bonds is 5. The van der Waals surface area contributed by atoms with Crippen molar-refractivity contribution in [1.82, 2.24) is 4.98 Å². The molecule has 26 heavy (non-hydrogen) atoms. The van der Waals surface area contributed by atoms with E-state index in [9.17, 15) is 4.79 Å². The summed E-state index contributed by atoms with van der Waals surface area (Å²) in [5.74, 6) is -0.0618. The number of thiazole rings is 1. The number of benzene rings is 1. The Balaban J connectivity index is 1.62. The van der Waals surface area contributed by atoms with Crippen LogP contribution in [0.4, 0.5) is 5.13 Å². The van der Waals surface area contributed by atoms with E-state index in [1.54, 1.807) is 18.4 Å². The third-order valence-corrected chi connectivity index (χ3v) is 5.69. The Hall–Kier alpha value is -2.48. The van der Waals surface area contributed by atoms with Crippen LogP contribution in [-0.4, -0.2) is 18.0 Å². The minimum Gasteiger partial charge on any atom is -0.451 e. The first-order chi connectivity index (χ1) is 12.7. The van der Waals surface area contributed by atoms with Gasteiger partial charge >= 0.3 is 0 Å². The summed E-state index contributed by atoms with van der Waals surface area (Å²) in [6.45, 7) is 2.36. The minimum absolute atomic E-state index is 0.261. The molecule has 0 aliphatic rings. The molecule has 0 unspecified atom stereocenters. The van der Waals surface area contributed by atoms with Gasteiger partial charge in [0, 0.05) is 28.3 Å². The van der Waals surface area contributed by atoms with Crippen LogP contribution in [0.3, 0.4) is 0 Å². The first kappa shape index (κ1) is 17.0. The van der Waals surface area contributed by atoms with Crippen LogP contribution in [0.2, 0.25) is 0 Å². The van der Waals surface area contributed by atoms with E-state index in [0.29, 0.717) is 17.3 Å². The van der Waals surface area contributed by atoms with Crippen molar-refractivity contribution in [2.75, 3.05) is 12.4 Å². The quantitative estimate of drug-likeness (QED) is 0.505. The number of aryl methyl sites for hydroxylation is 1. The second kappa shape index (κ2) is 7.03. The predicted octanol–water partition coefficient (Wildman–Crippen LogP) is 5.32. The van der Waals surface area contributed by atoms with Gasteiger partial charge in [-0.1, -0.05) is 18.2 Å². The SMILES string of the molecule is COCc1c(C(=O)Nc2nc(-c3ccc(C)s3)cs2)oc2ccccc12. The number of anilines is 1. The van der Waals surface area contributed by atoms with Crippen LogP contribution in [0.5, 0.6) is 0 Å². The van der Waals surface area contributed by atoms with Crippen molar-refractivity contribution < 1.29 is 13.9 Å². The Kier molecular flexibility index (Phi) is 4.58. The Morgan fingerprint density at radius 1 is 1.27 bits per heavy atom. The number of furan rings is 1. The summed E-state index contributed by atoms with van der Waals surface area (Å²) < 4.78 is 11.0. The maximum atomic E-state index is 12.7. The fourth-order valence-corrected chi connectivity index (χ4v) is 4.35. The number of hydrogen-bond donors (Lipinski definition) is 1. The lowest BCUT2D eigenvalue weighted by Crippen LogP contribution is -2.13. The Morgan fingerprint density at radius 2 is 2.12 bits per heavy atom. The number of carbonyl (C=O) groups is 1. The maximum Gasteiger partial charge on any atom is 0.293 e. The second-order valence-corrected chi connectivity index (χ2v) is 7.89. The first-order valence-corrected chi connectivity index (χ1v) is 9.68. The zero-order valence-electron chi connectivity index (χ0n) is 14.2. The molecule has 1 aromatic carbocycles. The standard InChI is InChI=1S/C19H16N2O3S2/c1-11-7-8-16(26-11)14-10-25-19(20-14)21-18(22)17-13(9-23-2)12-5-3-4-6-15(12)24-17/h3-8,10H,9H2,1-2H3,(H,20,21,22). The van der Waals surface area contributed by atoms with Crippen molar-refractivity contribution in [3.8, 4) is 10.6 Å². The van der Waals surface area contributed by atoms with Crippen LogP contribution in [0.15, 0.2) is 46.2 Å². The van der Waals surface area contributed by atoms with Gasteiger partial charge in [0.25, 0.3) is 5.91 Å². The molecule has 4 aromatic rings. The largest absolute Gasteiger partial charge is 0.451 e. The van der Waals surface area contributed by atoms with Crippen LogP contribution >= 0.6 is 22.7 Å². The van der Waals surface area contributed by atoms with E-state index in [0.717, 1.165) is 21.5 Å². The zero-order valence-corrected chi connectivity index (χ0v) is 15.9. The van der Waals surface area contributed by atoms with Crippen LogP contribution < -0.4 is 5.32 Å². The molecule has 0 saturated carbocycles. The molecular formula is C19H16N2O3S2. The summed E-state index contributed by atoms with van der Waals surface area (Å²) >= 11 is 3.07. The van der Waals surface area contributed by atoms with Gasteiger partial charge in [0.1, 0.15) is 5.58 Å². The van der Waals surface area contributed by atoms with Crippen LogP contribution in [0.1, 0.15) is 21.0 Å². The maximum absolute atomic E-state index is 12.7. The molecule has 0 spiro atoms. The number of amides is 1. The number of methoxy groups -OCH3 is 1. The van der Waals surface area contributed by atoms with Crippen LogP contribution in [-0.2, 0) is 11.3 Å². The molecule has 0 radical (unpaired) electrons. The molecule has 1 N–H and O–H groups in total. The lowest BCUT2D eigenvalue weighted by Gasteiger charge is -2.02. The molecule has 1 amide bonds. The highest BCUT2D eigenvalue weighted by Crippen LogP contribution is 2.31. The fraction of sp³-hybridized carbons (Fsp3) is 0.158. The number of fused-ring (bicyclic) bond motifs is 1. The molecule has 4 rings (SSSR count). The Morgan fingerprint density at radius 3 is 2.88 bits per heavy atom. The highest BCUT2D eigenvalue weighted by Gasteiger charge is 2.21. The third-order valence-electron chi connectivity index (χ3n) is 3.91. The molecule has 5 nitrogen and oxygen atoms in total. The van der Waals surface area contributed by atoms with Crippen molar-refractivity contribution >= 4 is 44.7 Å². The molecular weight excluding hydrogens is 368 g/mol. The molecule has 0 atom stereocenters. The number of aromatic nitrogens is 1. The summed E-state index contributed by atoms with van der Waals surface area (Å²) in [7, 11) is 1.60. The summed E-state index contributed by atoms with van der Waals surface area (Å²) in [6.07, 6.45) is 0. The third kappa shape index (κ3) is 3.16. The monoisotopic (exact) mass is 384 g/mol. The van der Waals surface area contributed by atoms with Gasteiger partial charge in [0.2, 0.25) is 0 Å². The van der Waals surface area contributed by atoms with Gasteiger partial charge in [0.05, 0.1) is 17.2 Å². The van der Waals surface area contributed by atoms with E-state index in [1.165, 1.54) is 16.2 Å². The molecule has 3 heterocycles. The lowest BCUT2D eigenvalue weighted by atomic mass is 10.1. The number of nitrogens with zero attached hydrogens (tertiary/aromatic N) is 1. The summed E-state index contributed by atoms with van der Waals surface area (Å²) in [5.41, 5.74) is 2.27. The lowest BCUT2D eigenvalue weighted by molar-refractivity contribution is 0.0992. The van der Waals surface area contributed by atoms with Crippen molar-refractivity contribution in [2.24, 2.45) is 0 Å². The molecule has 0 aliphatic heterocycles. The van der Waals surface area contributed by atoms with Gasteiger partial charge in [0.15, 0.2) is 10.9 Å². The van der Waals surface area contributed by atoms with Gasteiger partial charge in [-0.15, -0.1) is 22.7 Å². The number of carbonyl (C=O) groups excluding carboxylic acids is 1. The van der Waals surface area contributed by atoms with Crippen LogP contribution in [0, 0.1) is 6.92 Å². The van der Waals surface area contributed by atoms with Gasteiger partial charge in [-0.3, -0.25) is 10.1 Å². The summed E-state index contributed by atoms with van der Waals surface area (Å²) in [4.78, 5) is 19.6. The van der Waals surface area contributed by atoms with Crippen molar-refractivity contribution in [3.63, 3.8) is 0 Å². The highest BCUT2D eigenvalue weighted by atomic mass is 32.1. The number of hydrogen-bond acceptors (Lipinski definition) is 6. The van der Waals surface area contributed by atoms with Gasteiger partial charge in [-0.05, 0) is 25.1 Å². The van der Waals surface area contributed by atoms with E-state index in [4.69, 9.17) is 9.15 Å². The number of ether oxygens (including phenoxy) is 1. The van der Waals surface area contributed by atoms with E-state index in [1.807, 2.05) is 35.7 Å². The van der Waals surface area contributed by atoms with Gasteiger partial charge < -0.3 is 9.15 Å². The zero-order chi connectivity index (χ0) is 18.1. The molecule has 132 valence electrons. The molecule has 0 fully saturated rings. The highest BCUT2D eigenvalue weighted by molar-refractivity contribution is 7.17. The Labute approximate surface area is 158 Å². The smallest absolute Gasteiger partial charge is 0.293 e. The van der Waals surface area contributed by atoms with E-state index in [2.05, 4.69) is 23.3 Å². The molecule has 0 saturated heterocycles. The number of thiophene rings is 1. The fourth-order valence-electron chi connectivity index (χ4n) is 2.74. The average Bonchev–Trinajstić information content (AvgIpc) is 3.34. The second-order valence-electron chi connectivity index (χ2n) is 5.74. The average molecular weight is 384 g/mol. The predicted molar refractivity (Wildman–Crippen MR) is 105 cm³/mol. The topological polar surface area (TPSA) is 64.4 Å². The normalized spacial score (nSPS) is 11.2. The Bertz CT molecular complexity index is 1080. The minimum atomic E-state index is -0.323. The summed E-state index contributed by atoms with van der Waals surface area (Å²) in [5, 5.41) is 6.20. The number of nitrogens with one attached hydrogen (secondary N) is 1. The molecule has 7 heteroatoms. The van der Waals surface area contributed by atoms with Crippen LogP contribution in [0.25, 0.3) is 21.5 Å². The van der Waals surface area contributed by atoms with Crippen molar-refractivity contribution in [3.05, 3.63) is 58.0 Å². The van der Waals surface area contributed by atoms with E-state index < -0.39 is 0 Å².